The third-order valence-electron chi connectivity index (χ3n) is 4.29. The van der Waals surface area contributed by atoms with Crippen molar-refractivity contribution in [3.05, 3.63) is 48.0 Å². The number of ether oxygens (including phenoxy) is 2. The fourth-order valence-corrected chi connectivity index (χ4v) is 5.42. The monoisotopic (exact) mass is 377 g/mol. The van der Waals surface area contributed by atoms with Crippen molar-refractivity contribution in [2.45, 2.75) is 28.7 Å². The molecule has 1 atom stereocenters. The Labute approximate surface area is 151 Å². The molecule has 2 aliphatic rings. The second-order valence-corrected chi connectivity index (χ2v) is 8.86. The first kappa shape index (κ1) is 16.8. The maximum atomic E-state index is 12.9. The summed E-state index contributed by atoms with van der Waals surface area (Å²) in [5.41, 5.74) is 1.04. The summed E-state index contributed by atoms with van der Waals surface area (Å²) in [6.07, 6.45) is 1.55. The van der Waals surface area contributed by atoms with Crippen molar-refractivity contribution < 1.29 is 17.9 Å². The molecule has 2 aromatic carbocycles. The minimum Gasteiger partial charge on any atom is -0.490 e. The van der Waals surface area contributed by atoms with Crippen molar-refractivity contribution >= 4 is 21.8 Å². The van der Waals surface area contributed by atoms with Crippen molar-refractivity contribution in [2.75, 3.05) is 19.0 Å². The predicted molar refractivity (Wildman–Crippen MR) is 96.9 cm³/mol. The molecule has 5 nitrogen and oxygen atoms in total. The zero-order valence-electron chi connectivity index (χ0n) is 13.6. The van der Waals surface area contributed by atoms with E-state index in [0.717, 1.165) is 29.1 Å². The highest BCUT2D eigenvalue weighted by Crippen LogP contribution is 2.37. The van der Waals surface area contributed by atoms with Crippen LogP contribution in [0.1, 0.15) is 24.4 Å². The average Bonchev–Trinajstić information content (AvgIpc) is 2.86. The largest absolute Gasteiger partial charge is 0.490 e. The number of rotatable bonds is 3. The van der Waals surface area contributed by atoms with E-state index in [0.29, 0.717) is 24.7 Å². The summed E-state index contributed by atoms with van der Waals surface area (Å²) in [5.74, 6) is 1.97. The van der Waals surface area contributed by atoms with E-state index in [1.807, 2.05) is 24.3 Å². The lowest BCUT2D eigenvalue weighted by molar-refractivity contribution is 0.297. The van der Waals surface area contributed by atoms with Gasteiger partial charge < -0.3 is 9.47 Å². The van der Waals surface area contributed by atoms with Gasteiger partial charge >= 0.3 is 0 Å². The lowest BCUT2D eigenvalue weighted by Crippen LogP contribution is -2.30. The molecule has 0 aliphatic carbocycles. The number of benzene rings is 2. The van der Waals surface area contributed by atoms with E-state index in [4.69, 9.17) is 9.47 Å². The molecule has 7 heteroatoms. The van der Waals surface area contributed by atoms with Crippen LogP contribution < -0.4 is 14.2 Å². The van der Waals surface area contributed by atoms with E-state index in [9.17, 15) is 8.42 Å². The molecule has 25 heavy (non-hydrogen) atoms. The molecule has 4 rings (SSSR count). The summed E-state index contributed by atoms with van der Waals surface area (Å²) in [7, 11) is -3.64. The maximum absolute atomic E-state index is 12.9. The van der Waals surface area contributed by atoms with Gasteiger partial charge in [0.25, 0.3) is 0 Å². The third-order valence-corrected chi connectivity index (χ3v) is 6.88. The van der Waals surface area contributed by atoms with Gasteiger partial charge in [0, 0.05) is 23.4 Å². The van der Waals surface area contributed by atoms with Crippen LogP contribution in [0.5, 0.6) is 11.5 Å². The van der Waals surface area contributed by atoms with Crippen LogP contribution in [0.15, 0.2) is 52.3 Å². The number of hydrogen-bond donors (Lipinski definition) is 1. The molecule has 0 radical (unpaired) electrons. The zero-order valence-corrected chi connectivity index (χ0v) is 15.2. The second kappa shape index (κ2) is 6.90. The van der Waals surface area contributed by atoms with Crippen molar-refractivity contribution in [1.29, 1.82) is 0 Å². The summed E-state index contributed by atoms with van der Waals surface area (Å²) in [4.78, 5) is 1.34. The molecule has 2 aliphatic heterocycles. The van der Waals surface area contributed by atoms with E-state index in [-0.39, 0.29) is 10.9 Å². The molecular formula is C18H19NO4S2. The first-order chi connectivity index (χ1) is 12.1. The van der Waals surface area contributed by atoms with E-state index < -0.39 is 10.0 Å². The fraction of sp³-hybridized carbons (Fsp3) is 0.333. The summed E-state index contributed by atoms with van der Waals surface area (Å²) in [6.45, 7) is 1.10. The molecule has 2 heterocycles. The lowest BCUT2D eigenvalue weighted by Gasteiger charge is -2.25. The Morgan fingerprint density at radius 3 is 2.72 bits per heavy atom. The van der Waals surface area contributed by atoms with Crippen LogP contribution in [0.25, 0.3) is 0 Å². The minimum atomic E-state index is -3.64. The van der Waals surface area contributed by atoms with Crippen LogP contribution in [-0.4, -0.2) is 27.4 Å². The Morgan fingerprint density at radius 1 is 1.04 bits per heavy atom. The molecule has 2 aromatic rings. The molecule has 0 amide bonds. The third kappa shape index (κ3) is 3.49. The standard InChI is InChI=1S/C18H19NO4S2/c20-25(21,13-6-7-16-17(12-13)23-10-3-9-22-16)19-15-8-11-24-18-5-2-1-4-14(15)18/h1-2,4-7,12,15,19H,3,8-11H2/t15-/m1/s1. The predicted octanol–water partition coefficient (Wildman–Crippen LogP) is 3.36. The molecule has 1 N–H and O–H groups in total. The van der Waals surface area contributed by atoms with Crippen LogP contribution in [-0.2, 0) is 10.0 Å². The van der Waals surface area contributed by atoms with Gasteiger partial charge in [0.1, 0.15) is 0 Å². The van der Waals surface area contributed by atoms with Gasteiger partial charge in [-0.15, -0.1) is 11.8 Å². The number of thioether (sulfide) groups is 1. The van der Waals surface area contributed by atoms with E-state index >= 15 is 0 Å². The van der Waals surface area contributed by atoms with Crippen LogP contribution in [0.2, 0.25) is 0 Å². The van der Waals surface area contributed by atoms with Crippen LogP contribution in [0.3, 0.4) is 0 Å². The smallest absolute Gasteiger partial charge is 0.241 e. The normalized spacial score (nSPS) is 19.8. The number of fused-ring (bicyclic) bond motifs is 2. The van der Waals surface area contributed by atoms with Crippen LogP contribution in [0.4, 0.5) is 0 Å². The molecule has 0 spiro atoms. The van der Waals surface area contributed by atoms with Gasteiger partial charge in [0.05, 0.1) is 18.1 Å². The summed E-state index contributed by atoms with van der Waals surface area (Å²) < 4.78 is 39.8. The molecule has 0 saturated heterocycles. The van der Waals surface area contributed by atoms with Crippen molar-refractivity contribution in [3.63, 3.8) is 0 Å². The summed E-state index contributed by atoms with van der Waals surface area (Å²) in [5, 5.41) is 0. The van der Waals surface area contributed by atoms with Crippen molar-refractivity contribution in [1.82, 2.24) is 4.72 Å². The number of hydrogen-bond acceptors (Lipinski definition) is 5. The van der Waals surface area contributed by atoms with Gasteiger partial charge in [0.15, 0.2) is 11.5 Å². The topological polar surface area (TPSA) is 64.6 Å². The lowest BCUT2D eigenvalue weighted by atomic mass is 10.1. The Bertz CT molecular complexity index is 882. The Kier molecular flexibility index (Phi) is 4.62. The molecular weight excluding hydrogens is 358 g/mol. The van der Waals surface area contributed by atoms with Gasteiger partial charge in [-0.2, -0.15) is 0 Å². The van der Waals surface area contributed by atoms with Crippen LogP contribution in [0, 0.1) is 0 Å². The Hall–Kier alpha value is -1.70. The zero-order chi connectivity index (χ0) is 17.3. The van der Waals surface area contributed by atoms with E-state index in [1.165, 1.54) is 0 Å². The van der Waals surface area contributed by atoms with Crippen LogP contribution >= 0.6 is 11.8 Å². The molecule has 0 unspecified atom stereocenters. The molecule has 0 bridgehead atoms. The first-order valence-electron chi connectivity index (χ1n) is 8.27. The molecule has 0 saturated carbocycles. The van der Waals surface area contributed by atoms with E-state index in [2.05, 4.69) is 4.72 Å². The number of nitrogens with one attached hydrogen (secondary N) is 1. The van der Waals surface area contributed by atoms with Gasteiger partial charge in [-0.3, -0.25) is 0 Å². The minimum absolute atomic E-state index is 0.201. The molecule has 132 valence electrons. The van der Waals surface area contributed by atoms with Gasteiger partial charge in [-0.05, 0) is 35.9 Å². The molecule has 0 aromatic heterocycles. The highest BCUT2D eigenvalue weighted by atomic mass is 32.2. The quantitative estimate of drug-likeness (QED) is 0.889. The van der Waals surface area contributed by atoms with E-state index in [1.54, 1.807) is 30.0 Å². The fourth-order valence-electron chi connectivity index (χ4n) is 3.03. The Morgan fingerprint density at radius 2 is 1.84 bits per heavy atom. The van der Waals surface area contributed by atoms with Gasteiger partial charge in [0.2, 0.25) is 10.0 Å². The number of sulfonamides is 1. The first-order valence-corrected chi connectivity index (χ1v) is 10.7. The maximum Gasteiger partial charge on any atom is 0.241 e. The Balaban J connectivity index is 1.62. The SMILES string of the molecule is O=S(=O)(N[C@@H]1CCSc2ccccc21)c1ccc2c(c1)OCCCO2. The van der Waals surface area contributed by atoms with Crippen molar-refractivity contribution in [2.24, 2.45) is 0 Å². The summed E-state index contributed by atoms with van der Waals surface area (Å²) >= 11 is 1.76. The summed E-state index contributed by atoms with van der Waals surface area (Å²) in [6, 6.07) is 12.5. The molecule has 0 fully saturated rings. The highest BCUT2D eigenvalue weighted by molar-refractivity contribution is 7.99. The van der Waals surface area contributed by atoms with Gasteiger partial charge in [-0.1, -0.05) is 18.2 Å². The van der Waals surface area contributed by atoms with Crippen molar-refractivity contribution in [3.8, 4) is 11.5 Å². The van der Waals surface area contributed by atoms with Gasteiger partial charge in [-0.25, -0.2) is 13.1 Å². The second-order valence-electron chi connectivity index (χ2n) is 6.01. The average molecular weight is 377 g/mol. The highest BCUT2D eigenvalue weighted by Gasteiger charge is 2.27.